The summed E-state index contributed by atoms with van der Waals surface area (Å²) in [5.74, 6) is 0. The molecule has 0 bridgehead atoms. The molecule has 0 radical (unpaired) electrons. The second kappa shape index (κ2) is 3.42. The highest BCUT2D eigenvalue weighted by atomic mass is 28.3. The molecule has 0 spiro atoms. The highest BCUT2D eigenvalue weighted by Gasteiger charge is 2.08. The van der Waals surface area contributed by atoms with Crippen LogP contribution in [0.25, 0.3) is 0 Å². The van der Waals surface area contributed by atoms with E-state index in [1.807, 2.05) is 0 Å². The Morgan fingerprint density at radius 1 is 1.18 bits per heavy atom. The Morgan fingerprint density at radius 2 is 1.73 bits per heavy atom. The molecule has 0 aromatic rings. The van der Waals surface area contributed by atoms with Crippen molar-refractivity contribution in [3.8, 4) is 0 Å². The Bertz CT molecular complexity index is 181. The molecular formula is C10H18Si. The topological polar surface area (TPSA) is 0 Å². The van der Waals surface area contributed by atoms with E-state index >= 15 is 0 Å². The van der Waals surface area contributed by atoms with Gasteiger partial charge in [0, 0.05) is 0 Å². The standard InChI is InChI=1S/C10H18Si/c1-11(2,3)9-8-10-6-4-5-7-10/h9H,4-7H2,1-3H3. The summed E-state index contributed by atoms with van der Waals surface area (Å²) in [5.41, 5.74) is 7.38. The molecule has 0 amide bonds. The Balaban J connectivity index is 2.62. The van der Waals surface area contributed by atoms with Crippen molar-refractivity contribution in [2.45, 2.75) is 45.3 Å². The van der Waals surface area contributed by atoms with Crippen LogP contribution in [-0.2, 0) is 0 Å². The number of rotatable bonds is 1. The van der Waals surface area contributed by atoms with Crippen molar-refractivity contribution < 1.29 is 0 Å². The molecule has 1 saturated carbocycles. The van der Waals surface area contributed by atoms with E-state index in [1.165, 1.54) is 25.7 Å². The van der Waals surface area contributed by atoms with Crippen molar-refractivity contribution in [2.24, 2.45) is 0 Å². The molecule has 0 N–H and O–H groups in total. The van der Waals surface area contributed by atoms with Crippen molar-refractivity contribution in [2.75, 3.05) is 0 Å². The highest BCUT2D eigenvalue weighted by molar-refractivity contribution is 6.80. The molecule has 0 heterocycles. The van der Waals surface area contributed by atoms with Gasteiger partial charge in [0.15, 0.2) is 0 Å². The lowest BCUT2D eigenvalue weighted by Gasteiger charge is -2.05. The van der Waals surface area contributed by atoms with Gasteiger partial charge in [-0.1, -0.05) is 25.3 Å². The van der Waals surface area contributed by atoms with Crippen molar-refractivity contribution in [3.05, 3.63) is 17.0 Å². The van der Waals surface area contributed by atoms with Gasteiger partial charge in [0.1, 0.15) is 0 Å². The van der Waals surface area contributed by atoms with Gasteiger partial charge in [0.05, 0.1) is 8.07 Å². The summed E-state index contributed by atoms with van der Waals surface area (Å²) in [6.07, 6.45) is 5.39. The Hall–Kier alpha value is -0.263. The van der Waals surface area contributed by atoms with E-state index < -0.39 is 8.07 Å². The van der Waals surface area contributed by atoms with Gasteiger partial charge in [-0.15, -0.1) is 5.73 Å². The third kappa shape index (κ3) is 3.59. The fourth-order valence-corrected chi connectivity index (χ4v) is 1.90. The Morgan fingerprint density at radius 3 is 2.18 bits per heavy atom. The molecule has 1 heteroatoms. The van der Waals surface area contributed by atoms with Gasteiger partial charge in [-0.3, -0.25) is 0 Å². The highest BCUT2D eigenvalue weighted by Crippen LogP contribution is 2.22. The van der Waals surface area contributed by atoms with Gasteiger partial charge in [-0.05, 0) is 31.3 Å². The van der Waals surface area contributed by atoms with Gasteiger partial charge in [0.2, 0.25) is 0 Å². The summed E-state index contributed by atoms with van der Waals surface area (Å²) in [5, 5.41) is 0. The zero-order valence-electron chi connectivity index (χ0n) is 7.91. The van der Waals surface area contributed by atoms with E-state index in [1.54, 1.807) is 5.57 Å². The van der Waals surface area contributed by atoms with E-state index in [9.17, 15) is 0 Å². The Labute approximate surface area is 71.0 Å². The van der Waals surface area contributed by atoms with E-state index in [4.69, 9.17) is 0 Å². The van der Waals surface area contributed by atoms with Crippen LogP contribution in [-0.4, -0.2) is 8.07 Å². The minimum Gasteiger partial charge on any atom is -0.130 e. The average Bonchev–Trinajstić information content (AvgIpc) is 2.32. The third-order valence-electron chi connectivity index (χ3n) is 1.92. The molecule has 0 unspecified atom stereocenters. The van der Waals surface area contributed by atoms with E-state index in [-0.39, 0.29) is 0 Å². The maximum atomic E-state index is 3.47. The lowest BCUT2D eigenvalue weighted by Crippen LogP contribution is -2.14. The van der Waals surface area contributed by atoms with Crippen molar-refractivity contribution in [1.82, 2.24) is 0 Å². The molecule has 0 aromatic carbocycles. The molecule has 1 fully saturated rings. The maximum Gasteiger partial charge on any atom is 0.0781 e. The van der Waals surface area contributed by atoms with E-state index in [0.717, 1.165) is 0 Å². The van der Waals surface area contributed by atoms with Crippen LogP contribution in [0, 0.1) is 0 Å². The lowest BCUT2D eigenvalue weighted by molar-refractivity contribution is 0.886. The number of hydrogen-bond donors (Lipinski definition) is 0. The van der Waals surface area contributed by atoms with Crippen LogP contribution in [0.3, 0.4) is 0 Å². The number of hydrogen-bond acceptors (Lipinski definition) is 0. The summed E-state index contributed by atoms with van der Waals surface area (Å²) in [6.45, 7) is 7.07. The SMILES string of the molecule is C[Si](C)(C)C=C=C1CCCC1. The van der Waals surface area contributed by atoms with Crippen LogP contribution in [0.2, 0.25) is 19.6 Å². The lowest BCUT2D eigenvalue weighted by atomic mass is 10.2. The van der Waals surface area contributed by atoms with E-state index in [0.29, 0.717) is 0 Å². The van der Waals surface area contributed by atoms with Gasteiger partial charge >= 0.3 is 0 Å². The van der Waals surface area contributed by atoms with Crippen molar-refractivity contribution in [3.63, 3.8) is 0 Å². The predicted molar refractivity (Wildman–Crippen MR) is 53.4 cm³/mol. The minimum absolute atomic E-state index is 0.982. The second-order valence-electron chi connectivity index (χ2n) is 4.47. The summed E-state index contributed by atoms with van der Waals surface area (Å²) in [7, 11) is -0.982. The first-order chi connectivity index (χ1) is 5.08. The van der Waals surface area contributed by atoms with Crippen LogP contribution >= 0.6 is 0 Å². The minimum atomic E-state index is -0.982. The molecule has 0 aliphatic heterocycles. The molecule has 0 atom stereocenters. The largest absolute Gasteiger partial charge is 0.130 e. The van der Waals surface area contributed by atoms with Crippen molar-refractivity contribution >= 4 is 8.07 Å². The molecule has 0 aromatic heterocycles. The second-order valence-corrected chi connectivity index (χ2v) is 9.49. The van der Waals surface area contributed by atoms with Gasteiger partial charge in [0.25, 0.3) is 0 Å². The monoisotopic (exact) mass is 166 g/mol. The molecule has 1 aliphatic carbocycles. The zero-order chi connectivity index (χ0) is 8.32. The normalized spacial score (nSPS) is 18.3. The summed E-state index contributed by atoms with van der Waals surface area (Å²) in [4.78, 5) is 0. The molecule has 1 rings (SSSR count). The quantitative estimate of drug-likeness (QED) is 0.413. The molecular weight excluding hydrogens is 148 g/mol. The smallest absolute Gasteiger partial charge is 0.0781 e. The maximum absolute atomic E-state index is 3.47. The summed E-state index contributed by atoms with van der Waals surface area (Å²) >= 11 is 0. The average molecular weight is 166 g/mol. The third-order valence-corrected chi connectivity index (χ3v) is 2.93. The summed E-state index contributed by atoms with van der Waals surface area (Å²) in [6, 6.07) is 0. The van der Waals surface area contributed by atoms with Gasteiger partial charge < -0.3 is 0 Å². The number of allylic oxidation sites excluding steroid dienone is 1. The molecule has 0 saturated heterocycles. The van der Waals surface area contributed by atoms with Crippen LogP contribution in [0.15, 0.2) is 17.0 Å². The predicted octanol–water partition coefficient (Wildman–Crippen LogP) is 3.52. The van der Waals surface area contributed by atoms with Crippen molar-refractivity contribution in [1.29, 1.82) is 0 Å². The van der Waals surface area contributed by atoms with E-state index in [2.05, 4.69) is 31.1 Å². The van der Waals surface area contributed by atoms with Crippen LogP contribution < -0.4 is 0 Å². The first-order valence-electron chi connectivity index (χ1n) is 4.53. The van der Waals surface area contributed by atoms with Crippen LogP contribution in [0.4, 0.5) is 0 Å². The van der Waals surface area contributed by atoms with Crippen LogP contribution in [0.1, 0.15) is 25.7 Å². The first kappa shape index (κ1) is 8.83. The molecule has 11 heavy (non-hydrogen) atoms. The van der Waals surface area contributed by atoms with Gasteiger partial charge in [-0.2, -0.15) is 0 Å². The summed E-state index contributed by atoms with van der Waals surface area (Å²) < 4.78 is 0. The van der Waals surface area contributed by atoms with Gasteiger partial charge in [-0.25, -0.2) is 0 Å². The zero-order valence-corrected chi connectivity index (χ0v) is 8.91. The molecule has 62 valence electrons. The molecule has 1 aliphatic rings. The van der Waals surface area contributed by atoms with Crippen LogP contribution in [0.5, 0.6) is 0 Å². The fraction of sp³-hybridized carbons (Fsp3) is 0.700. The Kier molecular flexibility index (Phi) is 2.75. The first-order valence-corrected chi connectivity index (χ1v) is 8.11. The fourth-order valence-electron chi connectivity index (χ4n) is 1.26. The molecule has 0 nitrogen and oxygen atoms in total.